The lowest BCUT2D eigenvalue weighted by atomic mass is 9.97. The Morgan fingerprint density at radius 2 is 1.95 bits per heavy atom. The molecule has 0 aromatic heterocycles. The average Bonchev–Trinajstić information content (AvgIpc) is 2.26. The van der Waals surface area contributed by atoms with Crippen LogP contribution in [0.2, 0.25) is 0 Å². The topological polar surface area (TPSA) is 49.4 Å². The zero-order chi connectivity index (χ0) is 14.8. The molecule has 2 atom stereocenters. The molecule has 5 heteroatoms. The minimum atomic E-state index is -3.03. The third-order valence-electron chi connectivity index (χ3n) is 4.43. The molecule has 1 saturated heterocycles. The van der Waals surface area contributed by atoms with Crippen molar-refractivity contribution in [3.8, 4) is 0 Å². The lowest BCUT2D eigenvalue weighted by Gasteiger charge is -2.44. The third kappa shape index (κ3) is 4.17. The Bertz CT molecular complexity index is 390. The molecule has 0 amide bonds. The monoisotopic (exact) mass is 290 g/mol. The van der Waals surface area contributed by atoms with Crippen molar-refractivity contribution in [1.82, 2.24) is 10.2 Å². The van der Waals surface area contributed by atoms with Crippen molar-refractivity contribution in [2.24, 2.45) is 5.92 Å². The van der Waals surface area contributed by atoms with Gasteiger partial charge in [0.15, 0.2) is 9.84 Å². The molecular formula is C14H30N2O2S. The Balaban J connectivity index is 2.82. The van der Waals surface area contributed by atoms with E-state index in [1.165, 1.54) is 6.26 Å². The predicted octanol–water partition coefficient (Wildman–Crippen LogP) is 1.52. The number of rotatable bonds is 5. The van der Waals surface area contributed by atoms with Gasteiger partial charge >= 0.3 is 0 Å². The van der Waals surface area contributed by atoms with Crippen LogP contribution in [0.5, 0.6) is 0 Å². The molecule has 0 bridgehead atoms. The van der Waals surface area contributed by atoms with E-state index in [0.717, 1.165) is 19.5 Å². The fraction of sp³-hybridized carbons (Fsp3) is 1.00. The van der Waals surface area contributed by atoms with Crippen molar-refractivity contribution in [1.29, 1.82) is 0 Å². The summed E-state index contributed by atoms with van der Waals surface area (Å²) in [6.45, 7) is 12.8. The molecule has 1 aliphatic heterocycles. The highest BCUT2D eigenvalue weighted by atomic mass is 32.2. The fourth-order valence-electron chi connectivity index (χ4n) is 2.53. The number of hydrogen-bond donors (Lipinski definition) is 1. The maximum Gasteiger partial charge on any atom is 0.153 e. The van der Waals surface area contributed by atoms with Crippen molar-refractivity contribution >= 4 is 9.84 Å². The first-order valence-electron chi connectivity index (χ1n) is 7.25. The van der Waals surface area contributed by atoms with Crippen LogP contribution >= 0.6 is 0 Å². The van der Waals surface area contributed by atoms with Crippen LogP contribution < -0.4 is 5.32 Å². The second-order valence-corrected chi connectivity index (χ2v) is 9.43. The quantitative estimate of drug-likeness (QED) is 0.834. The number of sulfone groups is 1. The molecule has 1 fully saturated rings. The summed E-state index contributed by atoms with van der Waals surface area (Å²) in [4.78, 5) is 2.36. The van der Waals surface area contributed by atoms with E-state index in [4.69, 9.17) is 0 Å². The molecule has 0 aromatic rings. The predicted molar refractivity (Wildman–Crippen MR) is 81.2 cm³/mol. The van der Waals surface area contributed by atoms with Gasteiger partial charge in [-0.15, -0.1) is 0 Å². The highest BCUT2D eigenvalue weighted by Gasteiger charge is 2.37. The summed E-state index contributed by atoms with van der Waals surface area (Å²) in [5.74, 6) is 0.571. The third-order valence-corrected chi connectivity index (χ3v) is 6.56. The van der Waals surface area contributed by atoms with Crippen LogP contribution in [0.4, 0.5) is 0 Å². The average molecular weight is 290 g/mol. The van der Waals surface area contributed by atoms with Gasteiger partial charge in [-0.1, -0.05) is 20.8 Å². The molecule has 0 saturated carbocycles. The molecule has 1 aliphatic rings. The van der Waals surface area contributed by atoms with Crippen LogP contribution in [-0.2, 0) is 9.84 Å². The second-order valence-electron chi connectivity index (χ2n) is 6.78. The first-order valence-corrected chi connectivity index (χ1v) is 9.14. The maximum atomic E-state index is 11.9. The standard InChI is InChI=1S/C14H30N2O2S/c1-7-12-8-15-13(11(2)3)9-16(12)10-14(4,5)19(6,17)18/h11-13,15H,7-10H2,1-6H3. The van der Waals surface area contributed by atoms with E-state index < -0.39 is 14.6 Å². The molecular weight excluding hydrogens is 260 g/mol. The molecule has 114 valence electrons. The van der Waals surface area contributed by atoms with Crippen molar-refractivity contribution in [3.63, 3.8) is 0 Å². The largest absolute Gasteiger partial charge is 0.311 e. The van der Waals surface area contributed by atoms with Crippen molar-refractivity contribution < 1.29 is 8.42 Å². The summed E-state index contributed by atoms with van der Waals surface area (Å²) in [5, 5.41) is 3.58. The van der Waals surface area contributed by atoms with Crippen LogP contribution in [0, 0.1) is 5.92 Å². The normalized spacial score (nSPS) is 26.9. The SMILES string of the molecule is CCC1CNC(C(C)C)CN1CC(C)(C)S(C)(=O)=O. The molecule has 1 rings (SSSR count). The van der Waals surface area contributed by atoms with Gasteiger partial charge in [0.25, 0.3) is 0 Å². The van der Waals surface area contributed by atoms with Crippen molar-refractivity contribution in [2.75, 3.05) is 25.9 Å². The van der Waals surface area contributed by atoms with E-state index in [0.29, 0.717) is 24.5 Å². The van der Waals surface area contributed by atoms with Gasteiger partial charge in [-0.3, -0.25) is 4.90 Å². The van der Waals surface area contributed by atoms with Crippen LogP contribution in [0.1, 0.15) is 41.0 Å². The highest BCUT2D eigenvalue weighted by Crippen LogP contribution is 2.22. The summed E-state index contributed by atoms with van der Waals surface area (Å²) >= 11 is 0. The lowest BCUT2D eigenvalue weighted by Crippen LogP contribution is -2.61. The van der Waals surface area contributed by atoms with Crippen molar-refractivity contribution in [2.45, 2.75) is 57.9 Å². The molecule has 0 radical (unpaired) electrons. The van der Waals surface area contributed by atoms with E-state index >= 15 is 0 Å². The zero-order valence-electron chi connectivity index (χ0n) is 13.2. The van der Waals surface area contributed by atoms with Gasteiger partial charge in [0.05, 0.1) is 4.75 Å². The van der Waals surface area contributed by atoms with Crippen LogP contribution in [0.3, 0.4) is 0 Å². The summed E-state index contributed by atoms with van der Waals surface area (Å²) in [6, 6.07) is 0.897. The van der Waals surface area contributed by atoms with Crippen LogP contribution in [0.15, 0.2) is 0 Å². The van der Waals surface area contributed by atoms with Crippen molar-refractivity contribution in [3.05, 3.63) is 0 Å². The van der Waals surface area contributed by atoms with E-state index in [9.17, 15) is 8.42 Å². The van der Waals surface area contributed by atoms with E-state index in [2.05, 4.69) is 31.0 Å². The van der Waals surface area contributed by atoms with E-state index in [1.807, 2.05) is 13.8 Å². The Hall–Kier alpha value is -0.130. The van der Waals surface area contributed by atoms with Gasteiger partial charge in [-0.25, -0.2) is 8.42 Å². The summed E-state index contributed by atoms with van der Waals surface area (Å²) < 4.78 is 23.1. The van der Waals surface area contributed by atoms with Gasteiger partial charge < -0.3 is 5.32 Å². The fourth-order valence-corrected chi connectivity index (χ4v) is 2.93. The zero-order valence-corrected chi connectivity index (χ0v) is 14.0. The maximum absolute atomic E-state index is 11.9. The van der Waals surface area contributed by atoms with Gasteiger partial charge in [0.2, 0.25) is 0 Å². The molecule has 0 aliphatic carbocycles. The minimum Gasteiger partial charge on any atom is -0.311 e. The lowest BCUT2D eigenvalue weighted by molar-refractivity contribution is 0.102. The molecule has 2 unspecified atom stereocenters. The molecule has 0 spiro atoms. The second kappa shape index (κ2) is 6.10. The first kappa shape index (κ1) is 16.9. The van der Waals surface area contributed by atoms with E-state index in [-0.39, 0.29) is 0 Å². The molecule has 1 heterocycles. The summed E-state index contributed by atoms with van der Waals surface area (Å²) in [5.41, 5.74) is 0. The Morgan fingerprint density at radius 3 is 2.37 bits per heavy atom. The number of nitrogens with one attached hydrogen (secondary N) is 1. The van der Waals surface area contributed by atoms with Gasteiger partial charge in [-0.05, 0) is 26.2 Å². The molecule has 19 heavy (non-hydrogen) atoms. The smallest absolute Gasteiger partial charge is 0.153 e. The first-order chi connectivity index (χ1) is 8.58. The van der Waals surface area contributed by atoms with Gasteiger partial charge in [-0.2, -0.15) is 0 Å². The van der Waals surface area contributed by atoms with E-state index in [1.54, 1.807) is 0 Å². The molecule has 0 aromatic carbocycles. The molecule has 4 nitrogen and oxygen atoms in total. The van der Waals surface area contributed by atoms with Gasteiger partial charge in [0.1, 0.15) is 0 Å². The number of piperazine rings is 1. The Kier molecular flexibility index (Phi) is 5.43. The van der Waals surface area contributed by atoms with Crippen LogP contribution in [-0.4, -0.2) is 56.0 Å². The molecule has 1 N–H and O–H groups in total. The Morgan fingerprint density at radius 1 is 1.37 bits per heavy atom. The Labute approximate surface area is 118 Å². The van der Waals surface area contributed by atoms with Crippen LogP contribution in [0.25, 0.3) is 0 Å². The highest BCUT2D eigenvalue weighted by molar-refractivity contribution is 7.92. The number of hydrogen-bond acceptors (Lipinski definition) is 4. The minimum absolute atomic E-state index is 0.441. The number of nitrogens with zero attached hydrogens (tertiary/aromatic N) is 1. The summed E-state index contributed by atoms with van der Waals surface area (Å²) in [7, 11) is -3.03. The van der Waals surface area contributed by atoms with Gasteiger partial charge in [0, 0.05) is 38.0 Å². The summed E-state index contributed by atoms with van der Waals surface area (Å²) in [6.07, 6.45) is 2.40.